The van der Waals surface area contributed by atoms with Crippen molar-refractivity contribution in [2.75, 3.05) is 19.0 Å². The van der Waals surface area contributed by atoms with Crippen molar-refractivity contribution >= 4 is 34.9 Å². The minimum absolute atomic E-state index is 0.0760. The largest absolute Gasteiger partial charge is 0.486 e. The molecule has 1 unspecified atom stereocenters. The maximum absolute atomic E-state index is 12.6. The standard InChI is InChI=1S/C20H25N3O4S2/c1-11(2)19(13-4-5-14-15(8-13)27-7-6-26-14)23-18(25)10-28-20-22-12(3)16(29-20)9-17(21)24/h4-5,8,11,19H,6-7,9-10H2,1-3H3,(H2,21,24)(H,23,25). The minimum Gasteiger partial charge on any atom is -0.486 e. The van der Waals surface area contributed by atoms with Gasteiger partial charge < -0.3 is 20.5 Å². The van der Waals surface area contributed by atoms with E-state index in [9.17, 15) is 9.59 Å². The number of benzene rings is 1. The molecule has 7 nitrogen and oxygen atoms in total. The zero-order valence-electron chi connectivity index (χ0n) is 16.7. The molecule has 2 aromatic rings. The molecule has 29 heavy (non-hydrogen) atoms. The molecule has 0 saturated carbocycles. The summed E-state index contributed by atoms with van der Waals surface area (Å²) in [5.74, 6) is 1.43. The first-order valence-corrected chi connectivity index (χ1v) is 11.2. The molecule has 1 atom stereocenters. The minimum atomic E-state index is -0.384. The highest BCUT2D eigenvalue weighted by molar-refractivity contribution is 8.01. The molecule has 0 saturated heterocycles. The number of fused-ring (bicyclic) bond motifs is 1. The number of hydrogen-bond acceptors (Lipinski definition) is 7. The number of carbonyl (C=O) groups is 2. The summed E-state index contributed by atoms with van der Waals surface area (Å²) in [7, 11) is 0. The van der Waals surface area contributed by atoms with Crippen molar-refractivity contribution in [1.82, 2.24) is 10.3 Å². The van der Waals surface area contributed by atoms with Crippen LogP contribution in [0.3, 0.4) is 0 Å². The molecule has 0 fully saturated rings. The van der Waals surface area contributed by atoms with Crippen molar-refractivity contribution < 1.29 is 19.1 Å². The van der Waals surface area contributed by atoms with Crippen molar-refractivity contribution in [2.45, 2.75) is 37.6 Å². The predicted octanol–water partition coefficient (Wildman–Crippen LogP) is 2.86. The highest BCUT2D eigenvalue weighted by atomic mass is 32.2. The van der Waals surface area contributed by atoms with Gasteiger partial charge in [-0.2, -0.15) is 0 Å². The lowest BCUT2D eigenvalue weighted by molar-refractivity contribution is -0.119. The van der Waals surface area contributed by atoms with Crippen LogP contribution in [0.15, 0.2) is 22.5 Å². The topological polar surface area (TPSA) is 104 Å². The van der Waals surface area contributed by atoms with Gasteiger partial charge in [-0.3, -0.25) is 9.59 Å². The van der Waals surface area contributed by atoms with Gasteiger partial charge in [0.15, 0.2) is 15.8 Å². The number of carbonyl (C=O) groups excluding carboxylic acids is 2. The van der Waals surface area contributed by atoms with E-state index in [0.29, 0.717) is 19.0 Å². The number of thiazole rings is 1. The van der Waals surface area contributed by atoms with E-state index < -0.39 is 0 Å². The van der Waals surface area contributed by atoms with E-state index in [0.717, 1.165) is 26.2 Å². The van der Waals surface area contributed by atoms with Gasteiger partial charge in [-0.25, -0.2) is 4.98 Å². The monoisotopic (exact) mass is 435 g/mol. The van der Waals surface area contributed by atoms with Crippen LogP contribution in [-0.4, -0.2) is 35.8 Å². The molecule has 3 N–H and O–H groups in total. The molecule has 0 spiro atoms. The van der Waals surface area contributed by atoms with Crippen LogP contribution in [0.25, 0.3) is 0 Å². The van der Waals surface area contributed by atoms with Gasteiger partial charge in [0.1, 0.15) is 13.2 Å². The Labute approximate surface area is 178 Å². The first kappa shape index (κ1) is 21.4. The molecule has 2 amide bonds. The average Bonchev–Trinajstić information content (AvgIpc) is 3.02. The second-order valence-corrected chi connectivity index (χ2v) is 9.42. The number of aryl methyl sites for hydroxylation is 1. The Kier molecular flexibility index (Phi) is 7.02. The fourth-order valence-corrected chi connectivity index (χ4v) is 5.07. The average molecular weight is 436 g/mol. The number of ether oxygens (including phenoxy) is 2. The number of primary amides is 1. The van der Waals surface area contributed by atoms with Crippen LogP contribution in [0.2, 0.25) is 0 Å². The lowest BCUT2D eigenvalue weighted by Crippen LogP contribution is -2.33. The summed E-state index contributed by atoms with van der Waals surface area (Å²) in [5, 5.41) is 3.11. The number of rotatable bonds is 8. The van der Waals surface area contributed by atoms with Crippen molar-refractivity contribution in [3.05, 3.63) is 34.3 Å². The lowest BCUT2D eigenvalue weighted by Gasteiger charge is -2.25. The maximum Gasteiger partial charge on any atom is 0.230 e. The second kappa shape index (κ2) is 9.49. The van der Waals surface area contributed by atoms with Crippen molar-refractivity contribution in [2.24, 2.45) is 11.7 Å². The van der Waals surface area contributed by atoms with Crippen LogP contribution in [-0.2, 0) is 16.0 Å². The lowest BCUT2D eigenvalue weighted by atomic mass is 9.95. The molecule has 1 aliphatic heterocycles. The number of nitrogens with zero attached hydrogens (tertiary/aromatic N) is 1. The molecule has 1 aliphatic rings. The number of thioether (sulfide) groups is 1. The van der Waals surface area contributed by atoms with Gasteiger partial charge in [-0.15, -0.1) is 11.3 Å². The highest BCUT2D eigenvalue weighted by Gasteiger charge is 2.22. The first-order valence-electron chi connectivity index (χ1n) is 9.39. The molecule has 2 heterocycles. The van der Waals surface area contributed by atoms with Crippen molar-refractivity contribution in [1.29, 1.82) is 0 Å². The summed E-state index contributed by atoms with van der Waals surface area (Å²) in [4.78, 5) is 29.0. The normalized spacial score (nSPS) is 13.9. The van der Waals surface area contributed by atoms with Crippen LogP contribution in [0.4, 0.5) is 0 Å². The predicted molar refractivity (Wildman–Crippen MR) is 114 cm³/mol. The van der Waals surface area contributed by atoms with E-state index in [-0.39, 0.29) is 35.9 Å². The van der Waals surface area contributed by atoms with Crippen LogP contribution in [0, 0.1) is 12.8 Å². The molecule has 9 heteroatoms. The van der Waals surface area contributed by atoms with E-state index in [4.69, 9.17) is 15.2 Å². The third-order valence-electron chi connectivity index (χ3n) is 4.44. The summed E-state index contributed by atoms with van der Waals surface area (Å²) in [6.07, 6.45) is 0.176. The number of nitrogens with one attached hydrogen (secondary N) is 1. The van der Waals surface area contributed by atoms with Gasteiger partial charge in [0.05, 0.1) is 23.9 Å². The molecule has 0 bridgehead atoms. The Balaban J connectivity index is 1.62. The highest BCUT2D eigenvalue weighted by Crippen LogP contribution is 2.34. The quantitative estimate of drug-likeness (QED) is 0.618. The Bertz CT molecular complexity index is 898. The molecule has 1 aromatic heterocycles. The SMILES string of the molecule is Cc1nc(SCC(=O)NC(c2ccc3c(c2)OCCO3)C(C)C)sc1CC(N)=O. The number of hydrogen-bond donors (Lipinski definition) is 2. The third-order valence-corrected chi connectivity index (χ3v) is 6.74. The van der Waals surface area contributed by atoms with Crippen molar-refractivity contribution in [3.63, 3.8) is 0 Å². The number of amides is 2. The summed E-state index contributed by atoms with van der Waals surface area (Å²) >= 11 is 2.77. The van der Waals surface area contributed by atoms with E-state index >= 15 is 0 Å². The Hall–Kier alpha value is -2.26. The Morgan fingerprint density at radius 2 is 2.00 bits per heavy atom. The first-order chi connectivity index (χ1) is 13.8. The zero-order chi connectivity index (χ0) is 21.0. The van der Waals surface area contributed by atoms with Gasteiger partial charge in [0.25, 0.3) is 0 Å². The van der Waals surface area contributed by atoms with E-state index in [1.165, 1.54) is 23.1 Å². The van der Waals surface area contributed by atoms with Crippen LogP contribution < -0.4 is 20.5 Å². The zero-order valence-corrected chi connectivity index (χ0v) is 18.3. The fraction of sp³-hybridized carbons (Fsp3) is 0.450. The van der Waals surface area contributed by atoms with Gasteiger partial charge in [0.2, 0.25) is 11.8 Å². The van der Waals surface area contributed by atoms with E-state index in [1.54, 1.807) is 0 Å². The van der Waals surface area contributed by atoms with Crippen LogP contribution in [0.1, 0.15) is 36.0 Å². The number of nitrogens with two attached hydrogens (primary N) is 1. The summed E-state index contributed by atoms with van der Waals surface area (Å²) in [6.45, 7) is 7.04. The molecular formula is C20H25N3O4S2. The van der Waals surface area contributed by atoms with E-state index in [2.05, 4.69) is 24.1 Å². The van der Waals surface area contributed by atoms with E-state index in [1.807, 2.05) is 25.1 Å². The van der Waals surface area contributed by atoms with Crippen LogP contribution >= 0.6 is 23.1 Å². The molecule has 0 radical (unpaired) electrons. The van der Waals surface area contributed by atoms with Crippen LogP contribution in [0.5, 0.6) is 11.5 Å². The van der Waals surface area contributed by atoms with Crippen molar-refractivity contribution in [3.8, 4) is 11.5 Å². The summed E-state index contributed by atoms with van der Waals surface area (Å²) < 4.78 is 12.0. The summed E-state index contributed by atoms with van der Waals surface area (Å²) in [6, 6.07) is 5.65. The maximum atomic E-state index is 12.6. The molecule has 3 rings (SSSR count). The fourth-order valence-electron chi connectivity index (χ4n) is 3.02. The molecular weight excluding hydrogens is 410 g/mol. The van der Waals surface area contributed by atoms with Gasteiger partial charge in [-0.1, -0.05) is 31.7 Å². The number of aromatic nitrogens is 1. The van der Waals surface area contributed by atoms with Gasteiger partial charge in [0, 0.05) is 4.88 Å². The Morgan fingerprint density at radius 1 is 1.28 bits per heavy atom. The molecule has 0 aliphatic carbocycles. The van der Waals surface area contributed by atoms with Gasteiger partial charge >= 0.3 is 0 Å². The second-order valence-electron chi connectivity index (χ2n) is 7.11. The third kappa shape index (κ3) is 5.63. The van der Waals surface area contributed by atoms with Gasteiger partial charge in [-0.05, 0) is 30.5 Å². The smallest absolute Gasteiger partial charge is 0.230 e. The Morgan fingerprint density at radius 3 is 2.69 bits per heavy atom. The summed E-state index contributed by atoms with van der Waals surface area (Å²) in [5.41, 5.74) is 7.03. The molecule has 156 valence electrons. The molecule has 1 aromatic carbocycles.